The molecule has 4 heterocycles. The van der Waals surface area contributed by atoms with Gasteiger partial charge in [-0.25, -0.2) is 0 Å². The molecular formula is C16H19N5O. The van der Waals surface area contributed by atoms with E-state index in [2.05, 4.69) is 19.9 Å². The summed E-state index contributed by atoms with van der Waals surface area (Å²) in [6.45, 7) is 2.37. The highest BCUT2D eigenvalue weighted by Crippen LogP contribution is 2.27. The molecule has 22 heavy (non-hydrogen) atoms. The minimum atomic E-state index is -0.134. The Morgan fingerprint density at radius 1 is 1.23 bits per heavy atom. The monoisotopic (exact) mass is 297 g/mol. The number of likely N-dealkylation sites (tertiary alicyclic amines) is 1. The zero-order valence-corrected chi connectivity index (χ0v) is 12.4. The van der Waals surface area contributed by atoms with Gasteiger partial charge in [0.15, 0.2) is 5.65 Å². The minimum absolute atomic E-state index is 0.134. The maximum Gasteiger partial charge on any atom is 0.243 e. The zero-order valence-electron chi connectivity index (χ0n) is 12.4. The maximum atomic E-state index is 12.4. The van der Waals surface area contributed by atoms with Gasteiger partial charge in [0.05, 0.1) is 0 Å². The first-order valence-corrected chi connectivity index (χ1v) is 7.81. The van der Waals surface area contributed by atoms with Gasteiger partial charge in [0.1, 0.15) is 11.9 Å². The van der Waals surface area contributed by atoms with Gasteiger partial charge in [0.2, 0.25) is 5.91 Å². The number of amides is 1. The van der Waals surface area contributed by atoms with Crippen molar-refractivity contribution in [2.45, 2.75) is 24.8 Å². The molecule has 0 radical (unpaired) electrons. The Balaban J connectivity index is 1.45. The average Bonchev–Trinajstić information content (AvgIpc) is 3.24. The first kappa shape index (κ1) is 13.5. The Bertz CT molecular complexity index is 714. The van der Waals surface area contributed by atoms with Crippen LogP contribution in [0.2, 0.25) is 0 Å². The molecule has 6 nitrogen and oxygen atoms in total. The summed E-state index contributed by atoms with van der Waals surface area (Å²) in [5.41, 5.74) is 0.885. The number of hydrogen-bond donors (Lipinski definition) is 1. The van der Waals surface area contributed by atoms with Gasteiger partial charge in [0, 0.05) is 31.7 Å². The van der Waals surface area contributed by atoms with Crippen LogP contribution in [0, 0.1) is 0 Å². The molecular weight excluding hydrogens is 278 g/mol. The van der Waals surface area contributed by atoms with Crippen LogP contribution < -0.4 is 5.32 Å². The van der Waals surface area contributed by atoms with E-state index in [-0.39, 0.29) is 11.9 Å². The smallest absolute Gasteiger partial charge is 0.243 e. The number of pyridine rings is 1. The van der Waals surface area contributed by atoms with Crippen molar-refractivity contribution in [1.82, 2.24) is 24.8 Å². The number of piperidine rings is 1. The standard InChI is InChI=1S/C16H19N5O/c22-16(13-4-3-8-17-13)20-10-6-12(7-11-20)15-19-18-14-5-1-2-9-21(14)15/h1-5,9,12-13,17H,6-8,10-11H2/t13-/m0/s1. The zero-order chi connectivity index (χ0) is 14.9. The van der Waals surface area contributed by atoms with Gasteiger partial charge in [-0.3, -0.25) is 14.5 Å². The van der Waals surface area contributed by atoms with E-state index in [9.17, 15) is 4.79 Å². The molecule has 0 aliphatic carbocycles. The van der Waals surface area contributed by atoms with Crippen LogP contribution >= 0.6 is 0 Å². The predicted molar refractivity (Wildman–Crippen MR) is 82.5 cm³/mol. The van der Waals surface area contributed by atoms with E-state index < -0.39 is 0 Å². The minimum Gasteiger partial charge on any atom is -0.341 e. The molecule has 0 saturated carbocycles. The van der Waals surface area contributed by atoms with Crippen molar-refractivity contribution in [2.75, 3.05) is 19.6 Å². The molecule has 1 atom stereocenters. The fourth-order valence-electron chi connectivity index (χ4n) is 3.33. The van der Waals surface area contributed by atoms with E-state index in [0.29, 0.717) is 5.92 Å². The fraction of sp³-hybridized carbons (Fsp3) is 0.438. The number of nitrogens with zero attached hydrogens (tertiary/aromatic N) is 4. The van der Waals surface area contributed by atoms with Crippen LogP contribution in [0.4, 0.5) is 0 Å². The number of carbonyl (C=O) groups excluding carboxylic acids is 1. The molecule has 0 bridgehead atoms. The Hall–Kier alpha value is -2.21. The molecule has 4 rings (SSSR count). The van der Waals surface area contributed by atoms with Crippen LogP contribution in [-0.2, 0) is 4.79 Å². The molecule has 1 fully saturated rings. The van der Waals surface area contributed by atoms with Gasteiger partial charge in [0.25, 0.3) is 0 Å². The van der Waals surface area contributed by atoms with Gasteiger partial charge in [-0.15, -0.1) is 10.2 Å². The summed E-state index contributed by atoms with van der Waals surface area (Å²) in [7, 11) is 0. The van der Waals surface area contributed by atoms with Crippen LogP contribution in [0.25, 0.3) is 5.65 Å². The third kappa shape index (κ3) is 2.29. The highest BCUT2D eigenvalue weighted by molar-refractivity contribution is 5.84. The average molecular weight is 297 g/mol. The summed E-state index contributed by atoms with van der Waals surface area (Å²) < 4.78 is 2.06. The first-order chi connectivity index (χ1) is 10.8. The lowest BCUT2D eigenvalue weighted by molar-refractivity contribution is -0.133. The molecule has 0 aromatic carbocycles. The molecule has 1 saturated heterocycles. The molecule has 114 valence electrons. The normalized spacial score (nSPS) is 22.5. The predicted octanol–water partition coefficient (Wildman–Crippen LogP) is 0.963. The molecule has 2 aliphatic rings. The Morgan fingerprint density at radius 3 is 2.86 bits per heavy atom. The second-order valence-electron chi connectivity index (χ2n) is 5.90. The van der Waals surface area contributed by atoms with E-state index in [1.165, 1.54) is 0 Å². The summed E-state index contributed by atoms with van der Waals surface area (Å²) in [6, 6.07) is 5.80. The van der Waals surface area contributed by atoms with Crippen LogP contribution in [0.1, 0.15) is 24.6 Å². The Kier molecular flexibility index (Phi) is 3.38. The Labute approximate surface area is 128 Å². The van der Waals surface area contributed by atoms with Crippen molar-refractivity contribution in [3.05, 3.63) is 42.4 Å². The fourth-order valence-corrected chi connectivity index (χ4v) is 3.33. The first-order valence-electron chi connectivity index (χ1n) is 7.81. The molecule has 0 unspecified atom stereocenters. The van der Waals surface area contributed by atoms with Gasteiger partial charge in [-0.2, -0.15) is 0 Å². The number of fused-ring (bicyclic) bond motifs is 1. The quantitative estimate of drug-likeness (QED) is 0.839. The lowest BCUT2D eigenvalue weighted by Crippen LogP contribution is -2.46. The molecule has 0 spiro atoms. The summed E-state index contributed by atoms with van der Waals surface area (Å²) >= 11 is 0. The molecule has 2 aliphatic heterocycles. The van der Waals surface area contributed by atoms with E-state index in [1.807, 2.05) is 41.4 Å². The second-order valence-corrected chi connectivity index (χ2v) is 5.90. The molecule has 1 amide bonds. The van der Waals surface area contributed by atoms with Crippen LogP contribution in [0.3, 0.4) is 0 Å². The van der Waals surface area contributed by atoms with Crippen molar-refractivity contribution >= 4 is 11.6 Å². The highest BCUT2D eigenvalue weighted by Gasteiger charge is 2.30. The van der Waals surface area contributed by atoms with Gasteiger partial charge < -0.3 is 4.90 Å². The van der Waals surface area contributed by atoms with Gasteiger partial charge in [-0.1, -0.05) is 18.2 Å². The van der Waals surface area contributed by atoms with Gasteiger partial charge >= 0.3 is 0 Å². The van der Waals surface area contributed by atoms with Crippen LogP contribution in [-0.4, -0.2) is 51.1 Å². The summed E-state index contributed by atoms with van der Waals surface area (Å²) in [6.07, 6.45) is 7.86. The van der Waals surface area contributed by atoms with E-state index >= 15 is 0 Å². The van der Waals surface area contributed by atoms with Crippen LogP contribution in [0.5, 0.6) is 0 Å². The molecule has 2 aromatic heterocycles. The van der Waals surface area contributed by atoms with Crippen molar-refractivity contribution in [1.29, 1.82) is 0 Å². The van der Waals surface area contributed by atoms with E-state index in [1.54, 1.807) is 0 Å². The van der Waals surface area contributed by atoms with Crippen molar-refractivity contribution in [2.24, 2.45) is 0 Å². The lowest BCUT2D eigenvalue weighted by atomic mass is 9.95. The Morgan fingerprint density at radius 2 is 2.09 bits per heavy atom. The number of carbonyl (C=O) groups is 1. The number of aromatic nitrogens is 3. The second kappa shape index (κ2) is 5.53. The molecule has 1 N–H and O–H groups in total. The maximum absolute atomic E-state index is 12.4. The topological polar surface area (TPSA) is 62.5 Å². The summed E-state index contributed by atoms with van der Waals surface area (Å²) in [5.74, 6) is 1.58. The van der Waals surface area contributed by atoms with E-state index in [4.69, 9.17) is 0 Å². The summed E-state index contributed by atoms with van der Waals surface area (Å²) in [5, 5.41) is 11.8. The van der Waals surface area contributed by atoms with Crippen LogP contribution in [0.15, 0.2) is 36.5 Å². The van der Waals surface area contributed by atoms with Crippen molar-refractivity contribution in [3.8, 4) is 0 Å². The number of rotatable bonds is 2. The van der Waals surface area contributed by atoms with E-state index in [0.717, 1.165) is 43.9 Å². The van der Waals surface area contributed by atoms with Crippen molar-refractivity contribution < 1.29 is 4.79 Å². The van der Waals surface area contributed by atoms with Gasteiger partial charge in [-0.05, 0) is 25.0 Å². The molecule has 6 heteroatoms. The van der Waals surface area contributed by atoms with Crippen molar-refractivity contribution in [3.63, 3.8) is 0 Å². The number of hydrogen-bond acceptors (Lipinski definition) is 4. The number of nitrogens with one attached hydrogen (secondary N) is 1. The largest absolute Gasteiger partial charge is 0.341 e. The summed E-state index contributed by atoms with van der Waals surface area (Å²) in [4.78, 5) is 14.4. The third-order valence-corrected chi connectivity index (χ3v) is 4.56. The third-order valence-electron chi connectivity index (χ3n) is 4.56. The molecule has 2 aromatic rings. The highest BCUT2D eigenvalue weighted by atomic mass is 16.2. The SMILES string of the molecule is O=C([C@@H]1C=CCN1)N1CCC(c2nnc3ccccn23)CC1. The lowest BCUT2D eigenvalue weighted by Gasteiger charge is -2.32.